The Labute approximate surface area is 130 Å². The normalized spacial score (nSPS) is 12.3. The van der Waals surface area contributed by atoms with Crippen molar-refractivity contribution in [1.29, 1.82) is 0 Å². The van der Waals surface area contributed by atoms with Gasteiger partial charge in [-0.25, -0.2) is 0 Å². The van der Waals surface area contributed by atoms with E-state index in [9.17, 15) is 9.59 Å². The number of nitrogens with zero attached hydrogens (tertiary/aromatic N) is 2. The first-order chi connectivity index (χ1) is 10.6. The van der Waals surface area contributed by atoms with Gasteiger partial charge in [0.15, 0.2) is 0 Å². The number of aromatic nitrogens is 2. The fraction of sp³-hybridized carbons (Fsp3) is 0.471. The van der Waals surface area contributed by atoms with Gasteiger partial charge in [0.2, 0.25) is 11.3 Å². The molecule has 1 atom stereocenters. The van der Waals surface area contributed by atoms with E-state index in [1.807, 2.05) is 25.1 Å². The summed E-state index contributed by atoms with van der Waals surface area (Å²) in [4.78, 5) is 23.9. The number of amides is 1. The van der Waals surface area contributed by atoms with Crippen LogP contribution >= 0.6 is 0 Å². The molecule has 0 saturated heterocycles. The van der Waals surface area contributed by atoms with Crippen molar-refractivity contribution in [3.8, 4) is 0 Å². The average Bonchev–Trinajstić information content (AvgIpc) is 2.50. The molecule has 0 aliphatic carbocycles. The smallest absolute Gasteiger partial charge is 0.241 e. The van der Waals surface area contributed by atoms with Gasteiger partial charge < -0.3 is 5.32 Å². The quantitative estimate of drug-likeness (QED) is 0.799. The Hall–Kier alpha value is -2.17. The number of hydrogen-bond donors (Lipinski definition) is 1. The summed E-state index contributed by atoms with van der Waals surface area (Å²) in [5.74, 6) is -0.0784. The van der Waals surface area contributed by atoms with E-state index in [-0.39, 0.29) is 23.9 Å². The number of para-hydroxylation sites is 1. The maximum absolute atomic E-state index is 12.1. The van der Waals surface area contributed by atoms with Crippen LogP contribution in [0, 0.1) is 0 Å². The predicted molar refractivity (Wildman–Crippen MR) is 87.7 cm³/mol. The van der Waals surface area contributed by atoms with Crippen LogP contribution in [0.2, 0.25) is 0 Å². The highest BCUT2D eigenvalue weighted by molar-refractivity contribution is 5.81. The lowest BCUT2D eigenvalue weighted by Gasteiger charge is -2.15. The molecular weight excluding hydrogens is 278 g/mol. The van der Waals surface area contributed by atoms with Crippen LogP contribution in [0.15, 0.2) is 35.3 Å². The minimum atomic E-state index is -0.125. The van der Waals surface area contributed by atoms with E-state index in [4.69, 9.17) is 0 Å². The van der Waals surface area contributed by atoms with Crippen LogP contribution in [0.5, 0.6) is 0 Å². The van der Waals surface area contributed by atoms with Crippen molar-refractivity contribution < 1.29 is 4.79 Å². The second-order valence-electron chi connectivity index (χ2n) is 5.65. The van der Waals surface area contributed by atoms with Gasteiger partial charge in [0.05, 0.1) is 11.7 Å². The van der Waals surface area contributed by atoms with E-state index in [0.29, 0.717) is 10.9 Å². The van der Waals surface area contributed by atoms with Crippen molar-refractivity contribution in [2.45, 2.75) is 52.1 Å². The van der Waals surface area contributed by atoms with Crippen molar-refractivity contribution in [1.82, 2.24) is 15.1 Å². The number of unbranched alkanes of at least 4 members (excludes halogenated alkanes) is 2. The molecule has 5 nitrogen and oxygen atoms in total. The molecule has 1 heterocycles. The van der Waals surface area contributed by atoms with Crippen molar-refractivity contribution in [2.75, 3.05) is 0 Å². The lowest BCUT2D eigenvalue weighted by Crippen LogP contribution is -2.35. The van der Waals surface area contributed by atoms with Gasteiger partial charge in [-0.2, -0.15) is 5.10 Å². The highest BCUT2D eigenvalue weighted by Gasteiger charge is 2.10. The maximum atomic E-state index is 12.1. The molecular formula is C17H23N3O2. The van der Waals surface area contributed by atoms with Gasteiger partial charge in [0.25, 0.3) is 0 Å². The number of hydrogen-bond acceptors (Lipinski definition) is 3. The van der Waals surface area contributed by atoms with Crippen molar-refractivity contribution >= 4 is 16.8 Å². The van der Waals surface area contributed by atoms with Crippen molar-refractivity contribution in [2.24, 2.45) is 0 Å². The Morgan fingerprint density at radius 2 is 2.09 bits per heavy atom. The molecule has 0 bridgehead atoms. The second-order valence-corrected chi connectivity index (χ2v) is 5.65. The molecule has 0 radical (unpaired) electrons. The summed E-state index contributed by atoms with van der Waals surface area (Å²) in [7, 11) is 0. The zero-order valence-electron chi connectivity index (χ0n) is 13.2. The summed E-state index contributed by atoms with van der Waals surface area (Å²) in [6.07, 6.45) is 5.73. The topological polar surface area (TPSA) is 64.0 Å². The molecule has 0 fully saturated rings. The summed E-state index contributed by atoms with van der Waals surface area (Å²) >= 11 is 0. The lowest BCUT2D eigenvalue weighted by molar-refractivity contribution is -0.122. The largest absolute Gasteiger partial charge is 0.352 e. The molecule has 22 heavy (non-hydrogen) atoms. The summed E-state index contributed by atoms with van der Waals surface area (Å²) in [5, 5.41) is 7.65. The van der Waals surface area contributed by atoms with Gasteiger partial charge in [0, 0.05) is 11.4 Å². The minimum Gasteiger partial charge on any atom is -0.352 e. The Morgan fingerprint density at radius 1 is 1.32 bits per heavy atom. The summed E-state index contributed by atoms with van der Waals surface area (Å²) in [6.45, 7) is 4.31. The van der Waals surface area contributed by atoms with Gasteiger partial charge in [-0.05, 0) is 25.5 Å². The zero-order chi connectivity index (χ0) is 15.9. The number of rotatable bonds is 7. The molecule has 2 aromatic rings. The standard InChI is InChI=1S/C17H23N3O2/c1-3-4-5-8-13(2)19-17(22)12-20-15-10-7-6-9-14(15)16(21)11-18-20/h6-7,9-11,13H,3-5,8,12H2,1-2H3,(H,19,22)/t13-/m1/s1. The van der Waals surface area contributed by atoms with E-state index < -0.39 is 0 Å². The van der Waals surface area contributed by atoms with Gasteiger partial charge >= 0.3 is 0 Å². The third-order valence-corrected chi connectivity index (χ3v) is 3.70. The lowest BCUT2D eigenvalue weighted by atomic mass is 10.1. The van der Waals surface area contributed by atoms with Crippen LogP contribution in [-0.4, -0.2) is 21.7 Å². The van der Waals surface area contributed by atoms with Gasteiger partial charge in [-0.1, -0.05) is 38.3 Å². The molecule has 1 aromatic carbocycles. The van der Waals surface area contributed by atoms with Gasteiger partial charge in [0.1, 0.15) is 6.54 Å². The molecule has 0 aliphatic rings. The molecule has 1 N–H and O–H groups in total. The highest BCUT2D eigenvalue weighted by atomic mass is 16.2. The fourth-order valence-electron chi connectivity index (χ4n) is 2.52. The monoisotopic (exact) mass is 301 g/mol. The first-order valence-corrected chi connectivity index (χ1v) is 7.86. The Balaban J connectivity index is 2.03. The molecule has 1 aromatic heterocycles. The summed E-state index contributed by atoms with van der Waals surface area (Å²) in [6, 6.07) is 7.36. The third-order valence-electron chi connectivity index (χ3n) is 3.70. The first kappa shape index (κ1) is 16.2. The molecule has 0 aliphatic heterocycles. The molecule has 0 unspecified atom stereocenters. The SMILES string of the molecule is CCCCC[C@@H](C)NC(=O)Cn1ncc(=O)c2ccccc21. The predicted octanol–water partition coefficient (Wildman–Crippen LogP) is 2.48. The van der Waals surface area contributed by atoms with Crippen molar-refractivity contribution in [3.05, 3.63) is 40.7 Å². The maximum Gasteiger partial charge on any atom is 0.241 e. The molecule has 0 saturated carbocycles. The van der Waals surface area contributed by atoms with Crippen molar-refractivity contribution in [3.63, 3.8) is 0 Å². The Morgan fingerprint density at radius 3 is 2.86 bits per heavy atom. The third kappa shape index (κ3) is 4.16. The minimum absolute atomic E-state index is 0.0784. The van der Waals surface area contributed by atoms with Gasteiger partial charge in [-0.3, -0.25) is 14.3 Å². The average molecular weight is 301 g/mol. The highest BCUT2D eigenvalue weighted by Crippen LogP contribution is 2.08. The Bertz CT molecular complexity index is 694. The number of benzene rings is 1. The van der Waals surface area contributed by atoms with Crippen LogP contribution in [0.25, 0.3) is 10.9 Å². The summed E-state index contributed by atoms with van der Waals surface area (Å²) in [5.41, 5.74) is 0.559. The van der Waals surface area contributed by atoms with Crippen LogP contribution in [0.3, 0.4) is 0 Å². The Kier molecular flexibility index (Phi) is 5.69. The molecule has 0 spiro atoms. The first-order valence-electron chi connectivity index (χ1n) is 7.86. The van der Waals surface area contributed by atoms with Crippen LogP contribution in [0.1, 0.15) is 39.5 Å². The molecule has 2 rings (SSSR count). The van der Waals surface area contributed by atoms with Crippen LogP contribution < -0.4 is 10.7 Å². The second kappa shape index (κ2) is 7.73. The van der Waals surface area contributed by atoms with E-state index in [1.165, 1.54) is 19.0 Å². The van der Waals surface area contributed by atoms with Crippen LogP contribution in [-0.2, 0) is 11.3 Å². The van der Waals surface area contributed by atoms with E-state index in [1.54, 1.807) is 10.7 Å². The number of carbonyl (C=O) groups is 1. The molecule has 118 valence electrons. The number of nitrogens with one attached hydrogen (secondary N) is 1. The molecule has 5 heteroatoms. The van der Waals surface area contributed by atoms with Gasteiger partial charge in [-0.15, -0.1) is 0 Å². The summed E-state index contributed by atoms with van der Waals surface area (Å²) < 4.78 is 1.57. The number of carbonyl (C=O) groups excluding carboxylic acids is 1. The van der Waals surface area contributed by atoms with E-state index >= 15 is 0 Å². The van der Waals surface area contributed by atoms with E-state index in [2.05, 4.69) is 17.3 Å². The fourth-order valence-corrected chi connectivity index (χ4v) is 2.52. The molecule has 1 amide bonds. The van der Waals surface area contributed by atoms with E-state index in [0.717, 1.165) is 12.8 Å². The number of fused-ring (bicyclic) bond motifs is 1. The van der Waals surface area contributed by atoms with Crippen LogP contribution in [0.4, 0.5) is 0 Å². The zero-order valence-corrected chi connectivity index (χ0v) is 13.2.